The van der Waals surface area contributed by atoms with Crippen molar-refractivity contribution in [2.75, 3.05) is 11.9 Å². The molecule has 0 radical (unpaired) electrons. The highest BCUT2D eigenvalue weighted by atomic mass is 32.2. The van der Waals surface area contributed by atoms with Crippen LogP contribution in [-0.2, 0) is 16.2 Å². The van der Waals surface area contributed by atoms with E-state index in [-0.39, 0.29) is 5.69 Å². The van der Waals surface area contributed by atoms with Gasteiger partial charge in [0.25, 0.3) is 0 Å². The molecule has 0 saturated heterocycles. The molecule has 26 heavy (non-hydrogen) atoms. The number of halogens is 5. The molecule has 0 heterocycles. The Hall–Kier alpha value is -2.24. The first-order chi connectivity index (χ1) is 11.9. The predicted octanol–water partition coefficient (Wildman–Crippen LogP) is 2.78. The Labute approximate surface area is 145 Å². The van der Waals surface area contributed by atoms with E-state index >= 15 is 0 Å². The molecule has 0 fully saturated rings. The Morgan fingerprint density at radius 2 is 1.69 bits per heavy atom. The van der Waals surface area contributed by atoms with E-state index in [4.69, 9.17) is 5.14 Å². The molecule has 0 spiro atoms. The minimum Gasteiger partial charge on any atom is -0.386 e. The third-order valence-corrected chi connectivity index (χ3v) is 4.39. The number of alkyl halides is 3. The van der Waals surface area contributed by atoms with E-state index in [1.54, 1.807) is 0 Å². The number of benzene rings is 2. The summed E-state index contributed by atoms with van der Waals surface area (Å²) in [6.45, 7) is -0.524. The molecule has 0 aliphatic heterocycles. The fourth-order valence-electron chi connectivity index (χ4n) is 2.26. The molecular formula is C15H13F5N2O3S. The molecule has 0 aliphatic rings. The molecule has 0 bridgehead atoms. The molecule has 1 atom stereocenters. The first kappa shape index (κ1) is 20.1. The number of hydrogen-bond acceptors (Lipinski definition) is 4. The van der Waals surface area contributed by atoms with E-state index in [1.807, 2.05) is 0 Å². The molecule has 1 unspecified atom stereocenters. The lowest BCUT2D eigenvalue weighted by Gasteiger charge is -2.17. The number of anilines is 1. The standard InChI is InChI=1S/C15H13F5N2O3S/c16-10-2-1-3-11(17)14(10)12(23)7-22-8-4-5-13(26(21,24)25)9(6-8)15(18,19)20/h1-6,12,22-23H,7H2,(H2,21,24,25). The van der Waals surface area contributed by atoms with Crippen LogP contribution in [0.25, 0.3) is 0 Å². The van der Waals surface area contributed by atoms with E-state index in [0.717, 1.165) is 24.3 Å². The molecule has 2 aromatic carbocycles. The lowest BCUT2D eigenvalue weighted by atomic mass is 10.1. The number of nitrogens with two attached hydrogens (primary N) is 1. The summed E-state index contributed by atoms with van der Waals surface area (Å²) in [6, 6.07) is 5.05. The summed E-state index contributed by atoms with van der Waals surface area (Å²) in [5.41, 5.74) is -2.37. The summed E-state index contributed by atoms with van der Waals surface area (Å²) in [4.78, 5) is -1.11. The second-order valence-electron chi connectivity index (χ2n) is 5.29. The van der Waals surface area contributed by atoms with Gasteiger partial charge in [-0.05, 0) is 30.3 Å². The van der Waals surface area contributed by atoms with Gasteiger partial charge in [-0.25, -0.2) is 22.3 Å². The van der Waals surface area contributed by atoms with E-state index in [0.29, 0.717) is 12.1 Å². The van der Waals surface area contributed by atoms with E-state index in [2.05, 4.69) is 5.32 Å². The zero-order chi connectivity index (χ0) is 19.7. The van der Waals surface area contributed by atoms with Crippen LogP contribution in [0.2, 0.25) is 0 Å². The summed E-state index contributed by atoms with van der Waals surface area (Å²) < 4.78 is 88.8. The van der Waals surface area contributed by atoms with Gasteiger partial charge in [-0.15, -0.1) is 0 Å². The van der Waals surface area contributed by atoms with Crippen molar-refractivity contribution in [3.63, 3.8) is 0 Å². The molecule has 11 heteroatoms. The van der Waals surface area contributed by atoms with Crippen LogP contribution < -0.4 is 10.5 Å². The van der Waals surface area contributed by atoms with E-state index < -0.39 is 56.5 Å². The quantitative estimate of drug-likeness (QED) is 0.678. The highest BCUT2D eigenvalue weighted by molar-refractivity contribution is 7.89. The lowest BCUT2D eigenvalue weighted by molar-refractivity contribution is -0.139. The largest absolute Gasteiger partial charge is 0.417 e. The number of aliphatic hydroxyl groups is 1. The van der Waals surface area contributed by atoms with E-state index in [1.165, 1.54) is 0 Å². The minimum atomic E-state index is -5.00. The van der Waals surface area contributed by atoms with Crippen LogP contribution in [-0.4, -0.2) is 20.1 Å². The van der Waals surface area contributed by atoms with Crippen LogP contribution in [0.3, 0.4) is 0 Å². The highest BCUT2D eigenvalue weighted by Gasteiger charge is 2.36. The summed E-state index contributed by atoms with van der Waals surface area (Å²) in [7, 11) is -4.62. The van der Waals surface area contributed by atoms with Gasteiger partial charge in [0, 0.05) is 12.2 Å². The molecule has 0 aliphatic carbocycles. The smallest absolute Gasteiger partial charge is 0.386 e. The van der Waals surface area contributed by atoms with Crippen LogP contribution in [0.1, 0.15) is 17.2 Å². The Morgan fingerprint density at radius 1 is 1.12 bits per heavy atom. The predicted molar refractivity (Wildman–Crippen MR) is 82.6 cm³/mol. The second-order valence-corrected chi connectivity index (χ2v) is 6.82. The first-order valence-electron chi connectivity index (χ1n) is 7.01. The third kappa shape index (κ3) is 4.48. The number of hydrogen-bond donors (Lipinski definition) is 3. The van der Waals surface area contributed by atoms with Crippen LogP contribution in [0, 0.1) is 11.6 Å². The molecule has 0 amide bonds. The van der Waals surface area contributed by atoms with Gasteiger partial charge in [0.15, 0.2) is 0 Å². The SMILES string of the molecule is NS(=O)(=O)c1ccc(NCC(O)c2c(F)cccc2F)cc1C(F)(F)F. The molecule has 2 aromatic rings. The third-order valence-electron chi connectivity index (χ3n) is 3.42. The minimum absolute atomic E-state index is 0.222. The summed E-state index contributed by atoms with van der Waals surface area (Å²) in [5, 5.41) is 17.0. The van der Waals surface area contributed by atoms with Crippen molar-refractivity contribution < 1.29 is 35.5 Å². The number of rotatable bonds is 5. The zero-order valence-electron chi connectivity index (χ0n) is 12.9. The number of aliphatic hydroxyl groups excluding tert-OH is 1. The number of sulfonamides is 1. The van der Waals surface area contributed by atoms with Crippen molar-refractivity contribution in [3.05, 3.63) is 59.2 Å². The lowest BCUT2D eigenvalue weighted by Crippen LogP contribution is -2.20. The van der Waals surface area contributed by atoms with Gasteiger partial charge in [0.1, 0.15) is 17.7 Å². The highest BCUT2D eigenvalue weighted by Crippen LogP contribution is 2.35. The van der Waals surface area contributed by atoms with Crippen molar-refractivity contribution in [1.29, 1.82) is 0 Å². The van der Waals surface area contributed by atoms with Crippen LogP contribution >= 0.6 is 0 Å². The summed E-state index contributed by atoms with van der Waals surface area (Å²) >= 11 is 0. The topological polar surface area (TPSA) is 92.4 Å². The van der Waals surface area contributed by atoms with Gasteiger partial charge in [-0.2, -0.15) is 13.2 Å². The first-order valence-corrected chi connectivity index (χ1v) is 8.56. The van der Waals surface area contributed by atoms with Gasteiger partial charge in [0.05, 0.1) is 16.0 Å². The Bertz CT molecular complexity index is 896. The van der Waals surface area contributed by atoms with Crippen molar-refractivity contribution in [3.8, 4) is 0 Å². The van der Waals surface area contributed by atoms with Crippen LogP contribution in [0.15, 0.2) is 41.3 Å². The monoisotopic (exact) mass is 396 g/mol. The molecular weight excluding hydrogens is 383 g/mol. The maximum Gasteiger partial charge on any atom is 0.417 e. The Balaban J connectivity index is 2.28. The Morgan fingerprint density at radius 3 is 2.19 bits per heavy atom. The molecule has 142 valence electrons. The van der Waals surface area contributed by atoms with Crippen LogP contribution in [0.4, 0.5) is 27.6 Å². The molecule has 0 aromatic heterocycles. The van der Waals surface area contributed by atoms with Gasteiger partial charge < -0.3 is 10.4 Å². The maximum absolute atomic E-state index is 13.6. The number of primary sulfonamides is 1. The normalized spacial score (nSPS) is 13.5. The van der Waals surface area contributed by atoms with Crippen molar-refractivity contribution in [2.45, 2.75) is 17.2 Å². The summed E-state index contributed by atoms with van der Waals surface area (Å²) in [6.07, 6.45) is -6.70. The average molecular weight is 396 g/mol. The van der Waals surface area contributed by atoms with Gasteiger partial charge >= 0.3 is 6.18 Å². The van der Waals surface area contributed by atoms with Crippen LogP contribution in [0.5, 0.6) is 0 Å². The molecule has 4 N–H and O–H groups in total. The van der Waals surface area contributed by atoms with Gasteiger partial charge in [-0.1, -0.05) is 6.07 Å². The van der Waals surface area contributed by atoms with Gasteiger partial charge in [0.2, 0.25) is 10.0 Å². The van der Waals surface area contributed by atoms with Crippen molar-refractivity contribution in [2.24, 2.45) is 5.14 Å². The fraction of sp³-hybridized carbons (Fsp3) is 0.200. The maximum atomic E-state index is 13.6. The van der Waals surface area contributed by atoms with E-state index in [9.17, 15) is 35.5 Å². The fourth-order valence-corrected chi connectivity index (χ4v) is 2.99. The molecule has 0 saturated carbocycles. The van der Waals surface area contributed by atoms with Gasteiger partial charge in [-0.3, -0.25) is 0 Å². The van der Waals surface area contributed by atoms with Crippen molar-refractivity contribution >= 4 is 15.7 Å². The van der Waals surface area contributed by atoms with Crippen molar-refractivity contribution in [1.82, 2.24) is 0 Å². The Kier molecular flexibility index (Phi) is 5.54. The zero-order valence-corrected chi connectivity index (χ0v) is 13.7. The average Bonchev–Trinajstić information content (AvgIpc) is 2.50. The second kappa shape index (κ2) is 7.17. The summed E-state index contributed by atoms with van der Waals surface area (Å²) in [5.74, 6) is -2.03. The molecule has 5 nitrogen and oxygen atoms in total. The number of nitrogens with one attached hydrogen (secondary N) is 1. The molecule has 2 rings (SSSR count).